The van der Waals surface area contributed by atoms with Crippen molar-refractivity contribution in [1.82, 2.24) is 15.5 Å². The van der Waals surface area contributed by atoms with Crippen molar-refractivity contribution in [2.75, 3.05) is 59.2 Å². The first kappa shape index (κ1) is 23.5. The molecule has 0 bridgehead atoms. The number of morpholine rings is 1. The summed E-state index contributed by atoms with van der Waals surface area (Å²) in [4.78, 5) is 24.8. The largest absolute Gasteiger partial charge is 0.491 e. The number of carbonyl (C=O) groups is 2. The van der Waals surface area contributed by atoms with Crippen LogP contribution in [-0.4, -0.2) is 87.3 Å². The Hall–Kier alpha value is -2.80. The monoisotopic (exact) mass is 419 g/mol. The Morgan fingerprint density at radius 1 is 1.23 bits per heavy atom. The van der Waals surface area contributed by atoms with Crippen LogP contribution >= 0.6 is 0 Å². The van der Waals surface area contributed by atoms with Crippen LogP contribution in [0.1, 0.15) is 12.5 Å². The van der Waals surface area contributed by atoms with Crippen LogP contribution in [0.25, 0.3) is 0 Å². The van der Waals surface area contributed by atoms with Crippen molar-refractivity contribution in [3.05, 3.63) is 29.8 Å². The number of aliphatic hydroxyl groups excluding tert-OH is 1. The number of benzene rings is 1. The van der Waals surface area contributed by atoms with E-state index in [1.165, 1.54) is 0 Å². The van der Waals surface area contributed by atoms with E-state index < -0.39 is 12.1 Å². The van der Waals surface area contributed by atoms with Crippen LogP contribution in [0.4, 0.5) is 4.79 Å². The molecule has 1 aromatic rings. The van der Waals surface area contributed by atoms with Gasteiger partial charge in [-0.3, -0.25) is 0 Å². The molecule has 0 saturated carbocycles. The highest BCUT2D eigenvalue weighted by molar-refractivity contribution is 5.89. The van der Waals surface area contributed by atoms with Gasteiger partial charge in [0.25, 0.3) is 0 Å². The van der Waals surface area contributed by atoms with Gasteiger partial charge in [0.2, 0.25) is 0 Å². The fourth-order valence-corrected chi connectivity index (χ4v) is 2.58. The lowest BCUT2D eigenvalue weighted by Gasteiger charge is -2.27. The summed E-state index contributed by atoms with van der Waals surface area (Å²) in [5.74, 6) is 5.14. The molecule has 0 aromatic heterocycles. The molecule has 9 nitrogen and oxygen atoms in total. The Balaban J connectivity index is 1.57. The van der Waals surface area contributed by atoms with Crippen LogP contribution in [-0.2, 0) is 14.3 Å². The summed E-state index contributed by atoms with van der Waals surface area (Å²) in [6.07, 6.45) is -0.691. The Morgan fingerprint density at radius 3 is 2.67 bits per heavy atom. The van der Waals surface area contributed by atoms with Crippen molar-refractivity contribution in [2.45, 2.75) is 13.0 Å². The van der Waals surface area contributed by atoms with Crippen molar-refractivity contribution in [3.63, 3.8) is 0 Å². The number of urea groups is 1. The van der Waals surface area contributed by atoms with Crippen LogP contribution in [0.2, 0.25) is 0 Å². The number of aliphatic hydroxyl groups is 1. The fourth-order valence-electron chi connectivity index (χ4n) is 2.58. The fraction of sp³-hybridized carbons (Fsp3) is 0.524. The van der Waals surface area contributed by atoms with Crippen molar-refractivity contribution < 1.29 is 28.9 Å². The Labute approximate surface area is 176 Å². The second-order valence-corrected chi connectivity index (χ2v) is 6.50. The van der Waals surface area contributed by atoms with E-state index in [1.54, 1.807) is 36.1 Å². The highest BCUT2D eigenvalue weighted by atomic mass is 16.5. The summed E-state index contributed by atoms with van der Waals surface area (Å²) in [6, 6.07) is 6.79. The number of esters is 1. The lowest BCUT2D eigenvalue weighted by Crippen LogP contribution is -2.47. The summed E-state index contributed by atoms with van der Waals surface area (Å²) < 4.78 is 15.5. The predicted octanol–water partition coefficient (Wildman–Crippen LogP) is -0.0277. The maximum atomic E-state index is 11.9. The van der Waals surface area contributed by atoms with E-state index in [2.05, 4.69) is 22.5 Å². The summed E-state index contributed by atoms with van der Waals surface area (Å²) in [5.41, 5.74) is 0.664. The van der Waals surface area contributed by atoms with Crippen molar-refractivity contribution >= 4 is 12.0 Å². The third kappa shape index (κ3) is 9.13. The lowest BCUT2D eigenvalue weighted by atomic mass is 10.2. The van der Waals surface area contributed by atoms with E-state index in [0.29, 0.717) is 63.9 Å². The zero-order valence-corrected chi connectivity index (χ0v) is 17.2. The Bertz CT molecular complexity index is 722. The van der Waals surface area contributed by atoms with Gasteiger partial charge in [-0.1, -0.05) is 5.92 Å². The highest BCUT2D eigenvalue weighted by Gasteiger charge is 2.15. The summed E-state index contributed by atoms with van der Waals surface area (Å²) in [7, 11) is 0. The maximum absolute atomic E-state index is 11.9. The molecule has 1 aliphatic rings. The normalized spacial score (nSPS) is 14.3. The maximum Gasteiger partial charge on any atom is 0.384 e. The van der Waals surface area contributed by atoms with E-state index in [9.17, 15) is 14.7 Å². The quantitative estimate of drug-likeness (QED) is 0.293. The molecule has 1 heterocycles. The molecule has 9 heteroatoms. The van der Waals surface area contributed by atoms with Gasteiger partial charge in [0.15, 0.2) is 0 Å². The number of hydrogen-bond acceptors (Lipinski definition) is 7. The van der Waals surface area contributed by atoms with E-state index in [0.717, 1.165) is 0 Å². The van der Waals surface area contributed by atoms with Crippen molar-refractivity contribution in [3.8, 4) is 17.6 Å². The second kappa shape index (κ2) is 13.4. The van der Waals surface area contributed by atoms with E-state index in [1.807, 2.05) is 0 Å². The molecule has 2 amide bonds. The SMILES string of the molecule is CCOC(=O)C#Cc1ccc(OCC(O)CNCCNC(=O)N2CCOCC2)cc1. The topological polar surface area (TPSA) is 109 Å². The Morgan fingerprint density at radius 2 is 1.97 bits per heavy atom. The van der Waals surface area contributed by atoms with Crippen LogP contribution in [0.15, 0.2) is 24.3 Å². The van der Waals surface area contributed by atoms with Crippen LogP contribution < -0.4 is 15.4 Å². The van der Waals surface area contributed by atoms with Gasteiger partial charge >= 0.3 is 12.0 Å². The molecule has 1 unspecified atom stereocenters. The third-order valence-corrected chi connectivity index (χ3v) is 4.14. The zero-order valence-electron chi connectivity index (χ0n) is 17.2. The molecule has 0 aliphatic carbocycles. The average Bonchev–Trinajstić information content (AvgIpc) is 2.77. The number of rotatable bonds is 9. The van der Waals surface area contributed by atoms with Gasteiger partial charge in [-0.15, -0.1) is 0 Å². The van der Waals surface area contributed by atoms with Gasteiger partial charge in [-0.2, -0.15) is 0 Å². The number of ether oxygens (including phenoxy) is 3. The smallest absolute Gasteiger partial charge is 0.384 e. The highest BCUT2D eigenvalue weighted by Crippen LogP contribution is 2.11. The van der Waals surface area contributed by atoms with Crippen LogP contribution in [0.5, 0.6) is 5.75 Å². The van der Waals surface area contributed by atoms with Crippen LogP contribution in [0.3, 0.4) is 0 Å². The summed E-state index contributed by atoms with van der Waals surface area (Å²) in [6.45, 7) is 5.85. The molecular formula is C21H29N3O6. The first-order valence-corrected chi connectivity index (χ1v) is 9.99. The van der Waals surface area contributed by atoms with E-state index in [4.69, 9.17) is 14.2 Å². The third-order valence-electron chi connectivity index (χ3n) is 4.14. The van der Waals surface area contributed by atoms with Gasteiger partial charge in [0.1, 0.15) is 18.5 Å². The molecular weight excluding hydrogens is 390 g/mol. The van der Waals surface area contributed by atoms with Gasteiger partial charge in [0, 0.05) is 44.2 Å². The molecule has 30 heavy (non-hydrogen) atoms. The first-order valence-electron chi connectivity index (χ1n) is 9.99. The van der Waals surface area contributed by atoms with Gasteiger partial charge < -0.3 is 34.9 Å². The summed E-state index contributed by atoms with van der Waals surface area (Å²) >= 11 is 0. The molecule has 1 atom stereocenters. The van der Waals surface area contributed by atoms with E-state index in [-0.39, 0.29) is 12.6 Å². The molecule has 1 saturated heterocycles. The number of amides is 2. The standard InChI is InChI=1S/C21H29N3O6/c1-2-29-20(26)8-5-17-3-6-19(7-4-17)30-16-18(25)15-22-9-10-23-21(27)24-11-13-28-14-12-24/h3-4,6-7,18,22,25H,2,9-16H2,1H3,(H,23,27). The number of nitrogens with zero attached hydrogens (tertiary/aromatic N) is 1. The lowest BCUT2D eigenvalue weighted by molar-refractivity contribution is -0.136. The molecule has 1 aliphatic heterocycles. The first-order chi connectivity index (χ1) is 14.6. The minimum atomic E-state index is -0.691. The molecule has 1 fully saturated rings. The Kier molecular flexibility index (Phi) is 10.5. The van der Waals surface area contributed by atoms with E-state index >= 15 is 0 Å². The van der Waals surface area contributed by atoms with Gasteiger partial charge in [-0.05, 0) is 31.2 Å². The van der Waals surface area contributed by atoms with Gasteiger partial charge in [-0.25, -0.2) is 9.59 Å². The number of nitrogens with one attached hydrogen (secondary N) is 2. The minimum absolute atomic E-state index is 0.0978. The van der Waals surface area contributed by atoms with Gasteiger partial charge in [0.05, 0.1) is 19.8 Å². The zero-order chi connectivity index (χ0) is 21.6. The second-order valence-electron chi connectivity index (χ2n) is 6.50. The van der Waals surface area contributed by atoms with Crippen molar-refractivity contribution in [1.29, 1.82) is 0 Å². The molecule has 0 radical (unpaired) electrons. The molecule has 164 valence electrons. The average molecular weight is 419 g/mol. The number of hydrogen-bond donors (Lipinski definition) is 3. The minimum Gasteiger partial charge on any atom is -0.491 e. The predicted molar refractivity (Wildman–Crippen MR) is 110 cm³/mol. The molecule has 1 aromatic carbocycles. The molecule has 2 rings (SSSR count). The van der Waals surface area contributed by atoms with Crippen molar-refractivity contribution in [2.24, 2.45) is 0 Å². The number of carbonyl (C=O) groups excluding carboxylic acids is 2. The molecule has 3 N–H and O–H groups in total. The molecule has 0 spiro atoms. The summed E-state index contributed by atoms with van der Waals surface area (Å²) in [5, 5.41) is 15.9. The van der Waals surface area contributed by atoms with Crippen LogP contribution in [0, 0.1) is 11.8 Å².